The molecule has 0 bridgehead atoms. The van der Waals surface area contributed by atoms with E-state index in [9.17, 15) is 0 Å². The summed E-state index contributed by atoms with van der Waals surface area (Å²) in [4.78, 5) is 9.44. The van der Waals surface area contributed by atoms with Gasteiger partial charge in [0.15, 0.2) is 5.65 Å². The summed E-state index contributed by atoms with van der Waals surface area (Å²) in [5, 5.41) is 3.43. The van der Waals surface area contributed by atoms with Gasteiger partial charge in [0.05, 0.1) is 7.11 Å². The van der Waals surface area contributed by atoms with Crippen LogP contribution < -0.4 is 10.1 Å². The Bertz CT molecular complexity index is 804. The smallest absolute Gasteiger partial charge is 0.160 e. The molecule has 3 aromatic rings. The van der Waals surface area contributed by atoms with Gasteiger partial charge in [-0.1, -0.05) is 0 Å². The van der Waals surface area contributed by atoms with E-state index >= 15 is 0 Å². The molecular weight excluding hydrogens is 288 g/mol. The normalized spacial score (nSPS) is 15.9. The molecule has 1 aliphatic heterocycles. The van der Waals surface area contributed by atoms with Crippen LogP contribution in [0.25, 0.3) is 22.6 Å². The van der Waals surface area contributed by atoms with E-state index in [0.29, 0.717) is 6.04 Å². The molecule has 1 fully saturated rings. The van der Waals surface area contributed by atoms with E-state index in [4.69, 9.17) is 9.72 Å². The van der Waals surface area contributed by atoms with Crippen molar-refractivity contribution in [3.63, 3.8) is 0 Å². The molecule has 1 saturated heterocycles. The largest absolute Gasteiger partial charge is 0.497 e. The average Bonchev–Trinajstić information content (AvgIpc) is 3.02. The topological polar surface area (TPSA) is 52.0 Å². The van der Waals surface area contributed by atoms with Crippen molar-refractivity contribution in [1.29, 1.82) is 0 Å². The zero-order valence-corrected chi connectivity index (χ0v) is 13.2. The van der Waals surface area contributed by atoms with E-state index in [1.807, 2.05) is 30.5 Å². The maximum atomic E-state index is 5.26. The van der Waals surface area contributed by atoms with E-state index < -0.39 is 0 Å². The van der Waals surface area contributed by atoms with Crippen molar-refractivity contribution in [2.75, 3.05) is 20.2 Å². The van der Waals surface area contributed by atoms with Gasteiger partial charge in [0, 0.05) is 17.8 Å². The molecule has 5 heteroatoms. The lowest BCUT2D eigenvalue weighted by Gasteiger charge is -2.25. The van der Waals surface area contributed by atoms with Crippen LogP contribution in [0.3, 0.4) is 0 Å². The van der Waals surface area contributed by atoms with Crippen LogP contribution >= 0.6 is 0 Å². The number of nitrogens with one attached hydrogen (secondary N) is 1. The molecule has 1 aliphatic rings. The minimum absolute atomic E-state index is 0.438. The third-order valence-corrected chi connectivity index (χ3v) is 4.47. The van der Waals surface area contributed by atoms with Gasteiger partial charge >= 0.3 is 0 Å². The Labute approximate surface area is 135 Å². The van der Waals surface area contributed by atoms with Gasteiger partial charge in [-0.2, -0.15) is 0 Å². The molecule has 0 aliphatic carbocycles. The van der Waals surface area contributed by atoms with Crippen LogP contribution in [0.2, 0.25) is 0 Å². The molecule has 3 heterocycles. The number of pyridine rings is 1. The van der Waals surface area contributed by atoms with Gasteiger partial charge in [0.25, 0.3) is 0 Å². The first kappa shape index (κ1) is 14.2. The predicted octanol–water partition coefficient (Wildman–Crippen LogP) is 3.03. The van der Waals surface area contributed by atoms with Crippen LogP contribution in [-0.4, -0.2) is 34.7 Å². The summed E-state index contributed by atoms with van der Waals surface area (Å²) in [6.07, 6.45) is 4.05. The number of aromatic nitrogens is 3. The van der Waals surface area contributed by atoms with Gasteiger partial charge in [0.1, 0.15) is 17.1 Å². The molecule has 0 saturated carbocycles. The highest BCUT2D eigenvalue weighted by Crippen LogP contribution is 2.31. The van der Waals surface area contributed by atoms with Crippen LogP contribution in [0, 0.1) is 0 Å². The highest BCUT2D eigenvalue weighted by molar-refractivity contribution is 5.77. The molecular formula is C18H20N4O. The van der Waals surface area contributed by atoms with Crippen molar-refractivity contribution >= 4 is 11.2 Å². The van der Waals surface area contributed by atoms with E-state index in [-0.39, 0.29) is 0 Å². The van der Waals surface area contributed by atoms with Gasteiger partial charge in [-0.3, -0.25) is 0 Å². The molecule has 23 heavy (non-hydrogen) atoms. The standard InChI is InChI=1S/C18H20N4O/c1-23-15-6-4-13(5-7-15)17-21-16-3-2-10-20-18(16)22(17)14-8-11-19-12-9-14/h2-7,10,14,19H,8-9,11-12H2,1H3. The summed E-state index contributed by atoms with van der Waals surface area (Å²) >= 11 is 0. The minimum atomic E-state index is 0.438. The summed E-state index contributed by atoms with van der Waals surface area (Å²) in [5.74, 6) is 1.85. The number of benzene rings is 1. The third kappa shape index (κ3) is 2.57. The molecule has 0 unspecified atom stereocenters. The number of hydrogen-bond acceptors (Lipinski definition) is 4. The number of ether oxygens (including phenoxy) is 1. The molecule has 0 atom stereocenters. The van der Waals surface area contributed by atoms with Crippen LogP contribution in [0.4, 0.5) is 0 Å². The number of methoxy groups -OCH3 is 1. The van der Waals surface area contributed by atoms with Crippen LogP contribution in [0.15, 0.2) is 42.6 Å². The monoisotopic (exact) mass is 308 g/mol. The molecule has 1 aromatic carbocycles. The third-order valence-electron chi connectivity index (χ3n) is 4.47. The number of rotatable bonds is 3. The van der Waals surface area contributed by atoms with Crippen LogP contribution in [0.1, 0.15) is 18.9 Å². The number of hydrogen-bond donors (Lipinski definition) is 1. The Morgan fingerprint density at radius 1 is 1.13 bits per heavy atom. The Morgan fingerprint density at radius 2 is 1.91 bits per heavy atom. The Morgan fingerprint density at radius 3 is 2.65 bits per heavy atom. The molecule has 0 amide bonds. The maximum Gasteiger partial charge on any atom is 0.160 e. The molecule has 5 nitrogen and oxygen atoms in total. The van der Waals surface area contributed by atoms with Crippen molar-refractivity contribution in [2.24, 2.45) is 0 Å². The first-order valence-electron chi connectivity index (χ1n) is 8.05. The molecule has 4 rings (SSSR count). The first-order chi connectivity index (χ1) is 11.4. The SMILES string of the molecule is COc1ccc(-c2nc3cccnc3n2C2CCNCC2)cc1. The second kappa shape index (κ2) is 6.01. The number of nitrogens with zero attached hydrogens (tertiary/aromatic N) is 3. The minimum Gasteiger partial charge on any atom is -0.497 e. The quantitative estimate of drug-likeness (QED) is 0.808. The summed E-state index contributed by atoms with van der Waals surface area (Å²) in [5.41, 5.74) is 3.03. The van der Waals surface area contributed by atoms with Gasteiger partial charge in [-0.25, -0.2) is 9.97 Å². The molecule has 2 aromatic heterocycles. The van der Waals surface area contributed by atoms with Crippen LogP contribution in [0.5, 0.6) is 5.75 Å². The van der Waals surface area contributed by atoms with Gasteiger partial charge in [-0.05, 0) is 62.3 Å². The van der Waals surface area contributed by atoms with E-state index in [0.717, 1.165) is 54.2 Å². The lowest BCUT2D eigenvalue weighted by Crippen LogP contribution is -2.29. The lowest BCUT2D eigenvalue weighted by atomic mass is 10.1. The highest BCUT2D eigenvalue weighted by atomic mass is 16.5. The Balaban J connectivity index is 1.86. The first-order valence-corrected chi connectivity index (χ1v) is 8.05. The maximum absolute atomic E-state index is 5.26. The second-order valence-corrected chi connectivity index (χ2v) is 5.86. The number of fused-ring (bicyclic) bond motifs is 1. The fourth-order valence-electron chi connectivity index (χ4n) is 3.28. The van der Waals surface area contributed by atoms with Crippen molar-refractivity contribution in [3.8, 4) is 17.1 Å². The zero-order chi connectivity index (χ0) is 15.6. The summed E-state index contributed by atoms with van der Waals surface area (Å²) in [6, 6.07) is 12.5. The average molecular weight is 308 g/mol. The zero-order valence-electron chi connectivity index (χ0n) is 13.2. The van der Waals surface area contributed by atoms with Gasteiger partial charge in [0.2, 0.25) is 0 Å². The summed E-state index contributed by atoms with van der Waals surface area (Å²) in [6.45, 7) is 2.08. The van der Waals surface area contributed by atoms with Crippen molar-refractivity contribution in [3.05, 3.63) is 42.6 Å². The van der Waals surface area contributed by atoms with Crippen molar-refractivity contribution in [2.45, 2.75) is 18.9 Å². The molecule has 118 valence electrons. The molecule has 1 N–H and O–H groups in total. The van der Waals surface area contributed by atoms with Crippen molar-refractivity contribution < 1.29 is 4.74 Å². The van der Waals surface area contributed by atoms with E-state index in [2.05, 4.69) is 27.0 Å². The lowest BCUT2D eigenvalue weighted by molar-refractivity contribution is 0.376. The molecule has 0 spiro atoms. The molecule has 0 radical (unpaired) electrons. The number of imidazole rings is 1. The van der Waals surface area contributed by atoms with Crippen LogP contribution in [-0.2, 0) is 0 Å². The number of piperidine rings is 1. The Kier molecular flexibility index (Phi) is 3.71. The summed E-state index contributed by atoms with van der Waals surface area (Å²) < 4.78 is 7.58. The predicted molar refractivity (Wildman–Crippen MR) is 90.7 cm³/mol. The van der Waals surface area contributed by atoms with E-state index in [1.54, 1.807) is 7.11 Å². The van der Waals surface area contributed by atoms with Crippen molar-refractivity contribution in [1.82, 2.24) is 19.9 Å². The summed E-state index contributed by atoms with van der Waals surface area (Å²) in [7, 11) is 1.68. The highest BCUT2D eigenvalue weighted by Gasteiger charge is 2.22. The fraction of sp³-hybridized carbons (Fsp3) is 0.333. The Hall–Kier alpha value is -2.40. The van der Waals surface area contributed by atoms with Gasteiger partial charge in [-0.15, -0.1) is 0 Å². The van der Waals surface area contributed by atoms with Gasteiger partial charge < -0.3 is 14.6 Å². The fourth-order valence-corrected chi connectivity index (χ4v) is 3.28. The second-order valence-electron chi connectivity index (χ2n) is 5.86. The van der Waals surface area contributed by atoms with E-state index in [1.165, 1.54) is 0 Å².